The SMILES string of the molecule is CC1=C(c2nc(-c3ccc(C)cc3)cs2)C(c2ccc(C(F)(F)F)nc2)NC(=O)N1. The highest BCUT2D eigenvalue weighted by atomic mass is 32.1. The fraction of sp³-hybridized carbons (Fsp3) is 0.190. The number of halogens is 3. The van der Waals surface area contributed by atoms with Gasteiger partial charge in [-0.05, 0) is 25.5 Å². The number of carbonyl (C=O) groups is 1. The molecule has 3 heterocycles. The number of pyridine rings is 1. The molecular weight excluding hydrogens is 413 g/mol. The van der Waals surface area contributed by atoms with Crippen LogP contribution in [0, 0.1) is 6.92 Å². The normalized spacial score (nSPS) is 17.0. The molecule has 2 aromatic heterocycles. The zero-order valence-electron chi connectivity index (χ0n) is 16.0. The van der Waals surface area contributed by atoms with Crippen molar-refractivity contribution in [3.8, 4) is 11.3 Å². The van der Waals surface area contributed by atoms with Crippen LogP contribution in [0.3, 0.4) is 0 Å². The number of amides is 2. The van der Waals surface area contributed by atoms with E-state index in [-0.39, 0.29) is 0 Å². The van der Waals surface area contributed by atoms with Crippen molar-refractivity contribution in [2.75, 3.05) is 0 Å². The quantitative estimate of drug-likeness (QED) is 0.591. The zero-order valence-corrected chi connectivity index (χ0v) is 16.9. The Hall–Kier alpha value is -3.20. The van der Waals surface area contributed by atoms with Crippen LogP contribution < -0.4 is 10.6 Å². The van der Waals surface area contributed by atoms with Gasteiger partial charge >= 0.3 is 12.2 Å². The summed E-state index contributed by atoms with van der Waals surface area (Å²) >= 11 is 1.41. The lowest BCUT2D eigenvalue weighted by Crippen LogP contribution is -2.42. The fourth-order valence-corrected chi connectivity index (χ4v) is 4.19. The number of allylic oxidation sites excluding steroid dienone is 1. The first-order chi connectivity index (χ1) is 14.2. The van der Waals surface area contributed by atoms with Crippen molar-refractivity contribution in [1.29, 1.82) is 0 Å². The third-order valence-corrected chi connectivity index (χ3v) is 5.64. The minimum Gasteiger partial charge on any atom is -0.327 e. The topological polar surface area (TPSA) is 66.9 Å². The van der Waals surface area contributed by atoms with Crippen molar-refractivity contribution in [3.05, 3.63) is 75.5 Å². The van der Waals surface area contributed by atoms with E-state index in [1.54, 1.807) is 6.92 Å². The molecule has 2 N–H and O–H groups in total. The van der Waals surface area contributed by atoms with Crippen LogP contribution in [0.1, 0.15) is 34.8 Å². The van der Waals surface area contributed by atoms with Crippen LogP contribution >= 0.6 is 11.3 Å². The van der Waals surface area contributed by atoms with E-state index in [0.717, 1.165) is 29.1 Å². The Morgan fingerprint density at radius 3 is 2.43 bits per heavy atom. The predicted molar refractivity (Wildman–Crippen MR) is 109 cm³/mol. The zero-order chi connectivity index (χ0) is 21.5. The molecule has 2 amide bonds. The molecule has 1 atom stereocenters. The Balaban J connectivity index is 1.72. The second-order valence-electron chi connectivity index (χ2n) is 6.95. The molecule has 4 rings (SSSR count). The molecule has 0 fully saturated rings. The van der Waals surface area contributed by atoms with E-state index in [2.05, 4.69) is 15.6 Å². The largest absolute Gasteiger partial charge is 0.433 e. The number of carbonyl (C=O) groups excluding carboxylic acids is 1. The van der Waals surface area contributed by atoms with Crippen molar-refractivity contribution in [3.63, 3.8) is 0 Å². The monoisotopic (exact) mass is 430 g/mol. The molecule has 1 aliphatic rings. The lowest BCUT2D eigenvalue weighted by atomic mass is 9.97. The predicted octanol–water partition coefficient (Wildman–Crippen LogP) is 5.32. The lowest BCUT2D eigenvalue weighted by Gasteiger charge is -2.28. The molecule has 0 aliphatic carbocycles. The van der Waals surface area contributed by atoms with Gasteiger partial charge in [-0.25, -0.2) is 9.78 Å². The lowest BCUT2D eigenvalue weighted by molar-refractivity contribution is -0.141. The van der Waals surface area contributed by atoms with Gasteiger partial charge in [0, 0.05) is 28.4 Å². The summed E-state index contributed by atoms with van der Waals surface area (Å²) in [6.45, 7) is 3.75. The number of nitrogens with zero attached hydrogens (tertiary/aromatic N) is 2. The van der Waals surface area contributed by atoms with Gasteiger partial charge in [0.05, 0.1) is 11.7 Å². The Bertz CT molecular complexity index is 1120. The average molecular weight is 430 g/mol. The average Bonchev–Trinajstić information content (AvgIpc) is 3.17. The number of nitrogens with one attached hydrogen (secondary N) is 2. The second kappa shape index (κ2) is 7.56. The van der Waals surface area contributed by atoms with Crippen molar-refractivity contribution >= 4 is 22.9 Å². The highest BCUT2D eigenvalue weighted by molar-refractivity contribution is 7.11. The highest BCUT2D eigenvalue weighted by Crippen LogP contribution is 2.38. The summed E-state index contributed by atoms with van der Waals surface area (Å²) in [6, 6.07) is 9.10. The van der Waals surface area contributed by atoms with Crippen molar-refractivity contribution in [2.45, 2.75) is 26.1 Å². The minimum atomic E-state index is -4.53. The van der Waals surface area contributed by atoms with Gasteiger partial charge in [0.1, 0.15) is 10.7 Å². The molecule has 0 radical (unpaired) electrons. The maximum Gasteiger partial charge on any atom is 0.433 e. The van der Waals surface area contributed by atoms with E-state index in [0.29, 0.717) is 21.8 Å². The molecule has 0 spiro atoms. The van der Waals surface area contributed by atoms with Gasteiger partial charge in [-0.15, -0.1) is 11.3 Å². The fourth-order valence-electron chi connectivity index (χ4n) is 3.23. The minimum absolute atomic E-state index is 0.434. The summed E-state index contributed by atoms with van der Waals surface area (Å²) in [7, 11) is 0. The van der Waals surface area contributed by atoms with E-state index in [9.17, 15) is 18.0 Å². The molecular formula is C21H17F3N4OS. The van der Waals surface area contributed by atoms with Gasteiger partial charge in [0.15, 0.2) is 0 Å². The van der Waals surface area contributed by atoms with Gasteiger partial charge in [0.25, 0.3) is 0 Å². The molecule has 5 nitrogen and oxygen atoms in total. The molecule has 0 saturated carbocycles. The van der Waals surface area contributed by atoms with Crippen molar-refractivity contribution in [1.82, 2.24) is 20.6 Å². The maximum absolute atomic E-state index is 12.9. The van der Waals surface area contributed by atoms with Crippen LogP contribution in [-0.4, -0.2) is 16.0 Å². The number of thiazole rings is 1. The molecule has 30 heavy (non-hydrogen) atoms. The van der Waals surface area contributed by atoms with Crippen molar-refractivity contribution in [2.24, 2.45) is 0 Å². The molecule has 0 saturated heterocycles. The molecule has 9 heteroatoms. The number of hydrogen-bond donors (Lipinski definition) is 2. The second-order valence-corrected chi connectivity index (χ2v) is 7.81. The number of urea groups is 1. The van der Waals surface area contributed by atoms with Gasteiger partial charge in [-0.3, -0.25) is 4.98 Å². The molecule has 3 aromatic rings. The van der Waals surface area contributed by atoms with E-state index in [1.165, 1.54) is 17.4 Å². The first kappa shape index (κ1) is 20.1. The number of hydrogen-bond acceptors (Lipinski definition) is 4. The van der Waals surface area contributed by atoms with Crippen LogP contribution in [0.4, 0.5) is 18.0 Å². The number of benzene rings is 1. The summed E-state index contributed by atoms with van der Waals surface area (Å²) in [5.41, 5.74) is 3.64. The Morgan fingerprint density at radius 2 is 1.80 bits per heavy atom. The summed E-state index contributed by atoms with van der Waals surface area (Å²) in [5.74, 6) is 0. The van der Waals surface area contributed by atoms with E-state index < -0.39 is 23.9 Å². The number of rotatable bonds is 3. The number of aryl methyl sites for hydroxylation is 1. The van der Waals surface area contributed by atoms with Crippen LogP contribution in [0.25, 0.3) is 16.8 Å². The first-order valence-electron chi connectivity index (χ1n) is 9.07. The molecule has 1 aromatic carbocycles. The van der Waals surface area contributed by atoms with E-state index >= 15 is 0 Å². The van der Waals surface area contributed by atoms with Gasteiger partial charge in [0.2, 0.25) is 0 Å². The van der Waals surface area contributed by atoms with Crippen LogP contribution in [-0.2, 0) is 6.18 Å². The summed E-state index contributed by atoms with van der Waals surface area (Å²) < 4.78 is 38.6. The van der Waals surface area contributed by atoms with Gasteiger partial charge < -0.3 is 10.6 Å². The third-order valence-electron chi connectivity index (χ3n) is 4.76. The standard InChI is InChI=1S/C21H17F3N4OS/c1-11-3-5-13(6-4-11)15-10-30-19(27-15)17-12(2)26-20(29)28-18(17)14-7-8-16(25-9-14)21(22,23)24/h3-10,18H,1-2H3,(H2,26,28,29). The van der Waals surface area contributed by atoms with Gasteiger partial charge in [-0.1, -0.05) is 35.9 Å². The van der Waals surface area contributed by atoms with Gasteiger partial charge in [-0.2, -0.15) is 13.2 Å². The third kappa shape index (κ3) is 3.93. The molecule has 154 valence electrons. The highest BCUT2D eigenvalue weighted by Gasteiger charge is 2.34. The Morgan fingerprint density at radius 1 is 1.07 bits per heavy atom. The maximum atomic E-state index is 12.9. The Kier molecular flexibility index (Phi) is 5.07. The Labute approximate surface area is 174 Å². The van der Waals surface area contributed by atoms with Crippen LogP contribution in [0.15, 0.2) is 53.7 Å². The molecule has 1 aliphatic heterocycles. The first-order valence-corrected chi connectivity index (χ1v) is 9.94. The number of alkyl halides is 3. The molecule has 1 unspecified atom stereocenters. The number of aromatic nitrogens is 2. The summed E-state index contributed by atoms with van der Waals surface area (Å²) in [5, 5.41) is 8.06. The van der Waals surface area contributed by atoms with Crippen LogP contribution in [0.2, 0.25) is 0 Å². The van der Waals surface area contributed by atoms with Crippen LogP contribution in [0.5, 0.6) is 0 Å². The van der Waals surface area contributed by atoms with Crippen molar-refractivity contribution < 1.29 is 18.0 Å². The molecule has 0 bridgehead atoms. The summed E-state index contributed by atoms with van der Waals surface area (Å²) in [4.78, 5) is 20.3. The summed E-state index contributed by atoms with van der Waals surface area (Å²) in [6.07, 6.45) is -3.39. The van der Waals surface area contributed by atoms with E-state index in [4.69, 9.17) is 4.98 Å². The smallest absolute Gasteiger partial charge is 0.327 e. The van der Waals surface area contributed by atoms with E-state index in [1.807, 2.05) is 36.6 Å².